The largest absolute Gasteiger partial charge is 0.478 e. The van der Waals surface area contributed by atoms with Crippen molar-refractivity contribution in [1.29, 1.82) is 0 Å². The van der Waals surface area contributed by atoms with Crippen molar-refractivity contribution in [3.8, 4) is 22.6 Å². The lowest BCUT2D eigenvalue weighted by Crippen LogP contribution is -2.05. The van der Waals surface area contributed by atoms with E-state index in [4.69, 9.17) is 10.5 Å². The molecule has 8 heteroatoms. The van der Waals surface area contributed by atoms with Crippen LogP contribution in [0, 0.1) is 5.82 Å². The van der Waals surface area contributed by atoms with Crippen molar-refractivity contribution in [3.05, 3.63) is 78.0 Å². The molecule has 2 aromatic heterocycles. The number of nitrogens with zero attached hydrogens (tertiary/aromatic N) is 3. The molecule has 0 spiro atoms. The van der Waals surface area contributed by atoms with Crippen molar-refractivity contribution < 1.29 is 19.0 Å². The summed E-state index contributed by atoms with van der Waals surface area (Å²) in [5, 5.41) is 13.7. The lowest BCUT2D eigenvalue weighted by Gasteiger charge is -2.11. The number of carboxylic acids is 1. The van der Waals surface area contributed by atoms with Crippen molar-refractivity contribution in [3.63, 3.8) is 0 Å². The summed E-state index contributed by atoms with van der Waals surface area (Å²) < 4.78 is 23.0. The quantitative estimate of drug-likeness (QED) is 0.361. The van der Waals surface area contributed by atoms with Crippen LogP contribution in [0.3, 0.4) is 0 Å². The van der Waals surface area contributed by atoms with E-state index in [0.29, 0.717) is 28.1 Å². The van der Waals surface area contributed by atoms with E-state index < -0.39 is 11.8 Å². The Morgan fingerprint density at radius 3 is 2.62 bits per heavy atom. The van der Waals surface area contributed by atoms with Crippen molar-refractivity contribution in [1.82, 2.24) is 14.6 Å². The average molecular weight is 458 g/mol. The van der Waals surface area contributed by atoms with Crippen molar-refractivity contribution >= 4 is 23.4 Å². The minimum absolute atomic E-state index is 0.160. The van der Waals surface area contributed by atoms with Crippen LogP contribution >= 0.6 is 0 Å². The number of hydrogen-bond donors (Lipinski definition) is 2. The SMILES string of the molecule is Nc1ncnn2c(C3CCCC3)c(C=CC(=O)O)c(-c3ccc(Oc4ccccc4)cc3F)c12. The number of para-hydroxylation sites is 1. The molecular weight excluding hydrogens is 435 g/mol. The third-order valence-corrected chi connectivity index (χ3v) is 6.15. The van der Waals surface area contributed by atoms with Crippen LogP contribution < -0.4 is 10.5 Å². The highest BCUT2D eigenvalue weighted by Gasteiger charge is 2.29. The standard InChI is InChI=1S/C26H23FN4O3/c27-21-14-18(34-17-8-2-1-3-9-17)10-11-19(21)23-20(12-13-22(32)33)24(16-6-4-5-7-16)31-25(23)26(28)29-15-30-31/h1-3,8-16H,4-7H2,(H,32,33)(H2,28,29,30). The van der Waals surface area contributed by atoms with Gasteiger partial charge in [0.2, 0.25) is 0 Å². The summed E-state index contributed by atoms with van der Waals surface area (Å²) in [5.41, 5.74) is 8.89. The van der Waals surface area contributed by atoms with Gasteiger partial charge in [-0.05, 0) is 43.2 Å². The highest BCUT2D eigenvalue weighted by Crippen LogP contribution is 2.44. The maximum Gasteiger partial charge on any atom is 0.328 e. The monoisotopic (exact) mass is 458 g/mol. The molecule has 4 aromatic rings. The lowest BCUT2D eigenvalue weighted by molar-refractivity contribution is -0.131. The maximum atomic E-state index is 15.6. The summed E-state index contributed by atoms with van der Waals surface area (Å²) in [6, 6.07) is 13.7. The van der Waals surface area contributed by atoms with Gasteiger partial charge in [0, 0.05) is 34.8 Å². The van der Waals surface area contributed by atoms with Crippen LogP contribution in [-0.2, 0) is 4.79 Å². The number of carboxylic acid groups (broad SMARTS) is 1. The molecule has 7 nitrogen and oxygen atoms in total. The number of nitrogen functional groups attached to an aromatic ring is 1. The van der Waals surface area contributed by atoms with Gasteiger partial charge in [0.15, 0.2) is 5.82 Å². The summed E-state index contributed by atoms with van der Waals surface area (Å²) in [7, 11) is 0. The maximum absolute atomic E-state index is 15.6. The molecule has 0 bridgehead atoms. The minimum Gasteiger partial charge on any atom is -0.478 e. The van der Waals surface area contributed by atoms with Gasteiger partial charge in [0.05, 0.1) is 5.69 Å². The van der Waals surface area contributed by atoms with Gasteiger partial charge in [-0.25, -0.2) is 18.7 Å². The van der Waals surface area contributed by atoms with Crippen LogP contribution in [0.15, 0.2) is 60.9 Å². The van der Waals surface area contributed by atoms with E-state index in [9.17, 15) is 9.90 Å². The second-order valence-corrected chi connectivity index (χ2v) is 8.29. The molecule has 5 rings (SSSR count). The summed E-state index contributed by atoms with van der Waals surface area (Å²) in [4.78, 5) is 15.5. The Labute approximate surface area is 195 Å². The molecule has 2 heterocycles. The Morgan fingerprint density at radius 2 is 1.91 bits per heavy atom. The number of benzene rings is 2. The van der Waals surface area contributed by atoms with Gasteiger partial charge in [-0.3, -0.25) is 0 Å². The highest BCUT2D eigenvalue weighted by atomic mass is 19.1. The Morgan fingerprint density at radius 1 is 1.15 bits per heavy atom. The molecule has 34 heavy (non-hydrogen) atoms. The zero-order valence-corrected chi connectivity index (χ0v) is 18.3. The summed E-state index contributed by atoms with van der Waals surface area (Å²) in [6.45, 7) is 0. The molecule has 0 amide bonds. The van der Waals surface area contributed by atoms with Gasteiger partial charge in [-0.2, -0.15) is 5.10 Å². The number of hydrogen-bond acceptors (Lipinski definition) is 5. The predicted octanol–water partition coefficient (Wildman–Crippen LogP) is 5.67. The first kappa shape index (κ1) is 21.6. The third kappa shape index (κ3) is 3.98. The second kappa shape index (κ2) is 8.97. The number of halogens is 1. The molecule has 0 atom stereocenters. The Hall–Kier alpha value is -4.20. The average Bonchev–Trinajstić information content (AvgIpc) is 3.45. The normalized spacial score (nSPS) is 14.3. The van der Waals surface area contributed by atoms with Crippen molar-refractivity contribution in [2.24, 2.45) is 0 Å². The van der Waals surface area contributed by atoms with Gasteiger partial charge in [-0.1, -0.05) is 31.0 Å². The van der Waals surface area contributed by atoms with Crippen molar-refractivity contribution in [2.75, 3.05) is 5.73 Å². The molecule has 1 aliphatic rings. The van der Waals surface area contributed by atoms with Gasteiger partial charge >= 0.3 is 5.97 Å². The molecule has 1 saturated carbocycles. The van der Waals surface area contributed by atoms with Crippen LogP contribution in [0.25, 0.3) is 22.7 Å². The van der Waals surface area contributed by atoms with Crippen molar-refractivity contribution in [2.45, 2.75) is 31.6 Å². The number of aromatic nitrogens is 3. The molecule has 0 aliphatic heterocycles. The van der Waals surface area contributed by atoms with Crippen LogP contribution in [0.5, 0.6) is 11.5 Å². The first-order chi connectivity index (χ1) is 16.5. The van der Waals surface area contributed by atoms with E-state index in [2.05, 4.69) is 10.1 Å². The molecule has 2 aromatic carbocycles. The zero-order valence-electron chi connectivity index (χ0n) is 18.3. The Bertz CT molecular complexity index is 1390. The van der Waals surface area contributed by atoms with Crippen LogP contribution in [-0.4, -0.2) is 25.7 Å². The molecular formula is C26H23FN4O3. The molecule has 172 valence electrons. The molecule has 1 aliphatic carbocycles. The van der Waals surface area contributed by atoms with E-state index in [0.717, 1.165) is 37.5 Å². The molecule has 3 N–H and O–H groups in total. The molecule has 0 saturated heterocycles. The van der Waals surface area contributed by atoms with Crippen LogP contribution in [0.1, 0.15) is 42.9 Å². The molecule has 1 fully saturated rings. The predicted molar refractivity (Wildman–Crippen MR) is 127 cm³/mol. The minimum atomic E-state index is -1.09. The van der Waals surface area contributed by atoms with E-state index >= 15 is 4.39 Å². The van der Waals surface area contributed by atoms with E-state index in [1.807, 2.05) is 18.2 Å². The summed E-state index contributed by atoms with van der Waals surface area (Å²) in [6.07, 6.45) is 7.94. The Balaban J connectivity index is 1.71. The summed E-state index contributed by atoms with van der Waals surface area (Å²) >= 11 is 0. The first-order valence-electron chi connectivity index (χ1n) is 11.1. The first-order valence-corrected chi connectivity index (χ1v) is 11.1. The number of aliphatic carboxylic acids is 1. The van der Waals surface area contributed by atoms with Gasteiger partial charge < -0.3 is 15.6 Å². The lowest BCUT2D eigenvalue weighted by atomic mass is 9.94. The number of fused-ring (bicyclic) bond motifs is 1. The molecule has 0 unspecified atom stereocenters. The van der Waals surface area contributed by atoms with Crippen LogP contribution in [0.4, 0.5) is 10.2 Å². The fourth-order valence-corrected chi connectivity index (χ4v) is 4.73. The number of ether oxygens (including phenoxy) is 1. The van der Waals surface area contributed by atoms with E-state index in [1.165, 1.54) is 18.5 Å². The topological polar surface area (TPSA) is 103 Å². The fraction of sp³-hybridized carbons (Fsp3) is 0.192. The van der Waals surface area contributed by atoms with E-state index in [1.54, 1.807) is 28.8 Å². The zero-order chi connectivity index (χ0) is 23.7. The summed E-state index contributed by atoms with van der Waals surface area (Å²) in [5.74, 6) is -0.318. The van der Waals surface area contributed by atoms with E-state index in [-0.39, 0.29) is 17.3 Å². The smallest absolute Gasteiger partial charge is 0.328 e. The van der Waals surface area contributed by atoms with Gasteiger partial charge in [-0.15, -0.1) is 0 Å². The fourth-order valence-electron chi connectivity index (χ4n) is 4.73. The van der Waals surface area contributed by atoms with Gasteiger partial charge in [0.25, 0.3) is 0 Å². The highest BCUT2D eigenvalue weighted by molar-refractivity contribution is 5.97. The van der Waals surface area contributed by atoms with Crippen LogP contribution in [0.2, 0.25) is 0 Å². The number of anilines is 1. The number of rotatable bonds is 6. The second-order valence-electron chi connectivity index (χ2n) is 8.29. The number of carbonyl (C=O) groups is 1. The molecule has 0 radical (unpaired) electrons. The Kier molecular flexibility index (Phi) is 5.71. The number of nitrogens with two attached hydrogens (primary N) is 1. The third-order valence-electron chi connectivity index (χ3n) is 6.15. The van der Waals surface area contributed by atoms with Gasteiger partial charge in [0.1, 0.15) is 29.2 Å².